The summed E-state index contributed by atoms with van der Waals surface area (Å²) >= 11 is 5.63. The van der Waals surface area contributed by atoms with Gasteiger partial charge in [0.1, 0.15) is 18.2 Å². The van der Waals surface area contributed by atoms with Gasteiger partial charge in [0.25, 0.3) is 5.91 Å². The number of rotatable bonds is 7. The van der Waals surface area contributed by atoms with Crippen molar-refractivity contribution in [3.63, 3.8) is 0 Å². The predicted octanol–water partition coefficient (Wildman–Crippen LogP) is 3.97. The molecular weight excluding hydrogens is 411 g/mol. The summed E-state index contributed by atoms with van der Waals surface area (Å²) in [7, 11) is 0. The Morgan fingerprint density at radius 3 is 2.43 bits per heavy atom. The monoisotopic (exact) mass is 432 g/mol. The minimum atomic E-state index is -0.599. The molecule has 2 aromatic rings. The average Bonchev–Trinajstić information content (AvgIpc) is 3.22. The second kappa shape index (κ2) is 8.14. The Hall–Kier alpha value is -2.80. The van der Waals surface area contributed by atoms with E-state index in [-0.39, 0.29) is 41.0 Å². The van der Waals surface area contributed by atoms with Gasteiger partial charge in [-0.25, -0.2) is 9.18 Å². The molecule has 0 unspecified atom stereocenters. The highest BCUT2D eigenvalue weighted by Gasteiger charge is 2.62. The third kappa shape index (κ3) is 4.51. The maximum absolute atomic E-state index is 13.4. The van der Waals surface area contributed by atoms with Crippen LogP contribution in [0.15, 0.2) is 48.5 Å². The van der Waals surface area contributed by atoms with Gasteiger partial charge in [-0.2, -0.15) is 0 Å². The summed E-state index contributed by atoms with van der Waals surface area (Å²) in [5.41, 5.74) is 0.256. The van der Waals surface area contributed by atoms with Crippen LogP contribution in [-0.2, 0) is 16.1 Å². The van der Waals surface area contributed by atoms with Crippen molar-refractivity contribution in [2.24, 2.45) is 0 Å². The molecule has 8 heteroatoms. The van der Waals surface area contributed by atoms with Crippen LogP contribution in [0.1, 0.15) is 31.2 Å². The molecule has 2 amide bonds. The van der Waals surface area contributed by atoms with Gasteiger partial charge in [-0.1, -0.05) is 41.9 Å². The first-order valence-electron chi connectivity index (χ1n) is 9.75. The number of ether oxygens (including phenoxy) is 2. The molecule has 30 heavy (non-hydrogen) atoms. The first kappa shape index (κ1) is 20.5. The summed E-state index contributed by atoms with van der Waals surface area (Å²) < 4.78 is 24.1. The number of nitrogens with one attached hydrogen (secondary N) is 2. The van der Waals surface area contributed by atoms with Crippen LogP contribution in [0.4, 0.5) is 9.18 Å². The van der Waals surface area contributed by atoms with Crippen molar-refractivity contribution in [3.8, 4) is 5.75 Å². The molecule has 3 aliphatic carbocycles. The zero-order chi connectivity index (χ0) is 21.2. The Morgan fingerprint density at radius 2 is 1.73 bits per heavy atom. The molecule has 0 atom stereocenters. The standard InChI is InChI=1S/C22H22ClFN2O4/c23-17-7-6-16(10-18(17)24)29-12-19(27)25-21-8-9-22(13-21,14-21)26-20(28)30-11-15-4-2-1-3-5-15/h1-7,10H,8-9,11-14H2,(H,25,27)(H,26,28). The Balaban J connectivity index is 1.21. The molecule has 0 spiro atoms. The van der Waals surface area contributed by atoms with Crippen LogP contribution >= 0.6 is 11.6 Å². The molecule has 3 fully saturated rings. The lowest BCUT2D eigenvalue weighted by molar-refractivity contribution is -0.126. The number of benzene rings is 2. The SMILES string of the molecule is O=C(COc1ccc(Cl)c(F)c1)NC12CCC(NC(=O)OCc3ccccc3)(C1)C2. The molecule has 0 aliphatic heterocycles. The van der Waals surface area contributed by atoms with E-state index in [0.29, 0.717) is 12.8 Å². The summed E-state index contributed by atoms with van der Waals surface area (Å²) in [5, 5.41) is 5.96. The van der Waals surface area contributed by atoms with Crippen molar-refractivity contribution in [2.75, 3.05) is 6.61 Å². The van der Waals surface area contributed by atoms with E-state index in [0.717, 1.165) is 24.5 Å². The summed E-state index contributed by atoms with van der Waals surface area (Å²) in [5.74, 6) is -0.646. The van der Waals surface area contributed by atoms with Gasteiger partial charge in [0.2, 0.25) is 0 Å². The van der Waals surface area contributed by atoms with Crippen LogP contribution in [0.25, 0.3) is 0 Å². The maximum atomic E-state index is 13.4. The summed E-state index contributed by atoms with van der Waals surface area (Å²) in [6.07, 6.45) is 2.40. The van der Waals surface area contributed by atoms with Gasteiger partial charge in [0, 0.05) is 17.1 Å². The molecule has 158 valence electrons. The zero-order valence-electron chi connectivity index (χ0n) is 16.3. The lowest BCUT2D eigenvalue weighted by Gasteiger charge is -2.47. The van der Waals surface area contributed by atoms with Crippen molar-refractivity contribution in [2.45, 2.75) is 43.4 Å². The Kier molecular flexibility index (Phi) is 5.56. The topological polar surface area (TPSA) is 76.7 Å². The fourth-order valence-corrected chi connectivity index (χ4v) is 4.52. The van der Waals surface area contributed by atoms with Crippen LogP contribution in [0.2, 0.25) is 5.02 Å². The van der Waals surface area contributed by atoms with Crippen molar-refractivity contribution < 1.29 is 23.5 Å². The van der Waals surface area contributed by atoms with E-state index in [4.69, 9.17) is 21.1 Å². The Morgan fingerprint density at radius 1 is 1.03 bits per heavy atom. The van der Waals surface area contributed by atoms with Crippen molar-refractivity contribution in [1.82, 2.24) is 10.6 Å². The number of amides is 2. The zero-order valence-corrected chi connectivity index (χ0v) is 17.0. The highest BCUT2D eigenvalue weighted by molar-refractivity contribution is 6.30. The second-order valence-electron chi connectivity index (χ2n) is 8.01. The molecule has 6 nitrogen and oxygen atoms in total. The lowest BCUT2D eigenvalue weighted by atomic mass is 9.71. The van der Waals surface area contributed by atoms with Crippen LogP contribution < -0.4 is 15.4 Å². The van der Waals surface area contributed by atoms with E-state index in [1.165, 1.54) is 12.1 Å². The number of fused-ring (bicyclic) bond motifs is 1. The van der Waals surface area contributed by atoms with Crippen LogP contribution in [0.5, 0.6) is 5.75 Å². The number of carbonyl (C=O) groups is 2. The first-order chi connectivity index (χ1) is 14.4. The largest absolute Gasteiger partial charge is 0.484 e. The highest BCUT2D eigenvalue weighted by Crippen LogP contribution is 2.55. The number of hydrogen-bond donors (Lipinski definition) is 2. The lowest BCUT2D eigenvalue weighted by Crippen LogP contribution is -2.64. The van der Waals surface area contributed by atoms with E-state index in [9.17, 15) is 14.0 Å². The molecule has 3 saturated carbocycles. The summed E-state index contributed by atoms with van der Waals surface area (Å²) in [6, 6.07) is 13.5. The van der Waals surface area contributed by atoms with Gasteiger partial charge in [-0.05, 0) is 43.4 Å². The number of hydrogen-bond acceptors (Lipinski definition) is 4. The molecule has 0 heterocycles. The highest BCUT2D eigenvalue weighted by atomic mass is 35.5. The first-order valence-corrected chi connectivity index (χ1v) is 10.1. The second-order valence-corrected chi connectivity index (χ2v) is 8.42. The number of halogens is 2. The third-order valence-corrected chi connectivity index (χ3v) is 5.99. The molecule has 2 N–H and O–H groups in total. The number of carbonyl (C=O) groups excluding carboxylic acids is 2. The van der Waals surface area contributed by atoms with Crippen LogP contribution in [-0.4, -0.2) is 29.7 Å². The number of alkyl carbamates (subject to hydrolysis) is 1. The van der Waals surface area contributed by atoms with Crippen molar-refractivity contribution in [3.05, 3.63) is 64.9 Å². The molecule has 0 aromatic heterocycles. The molecular formula is C22H22ClFN2O4. The van der Waals surface area contributed by atoms with Gasteiger partial charge in [-0.3, -0.25) is 4.79 Å². The minimum Gasteiger partial charge on any atom is -0.484 e. The maximum Gasteiger partial charge on any atom is 0.407 e. The van der Waals surface area contributed by atoms with E-state index in [2.05, 4.69) is 10.6 Å². The van der Waals surface area contributed by atoms with Gasteiger partial charge in [0.15, 0.2) is 6.61 Å². The van der Waals surface area contributed by atoms with E-state index < -0.39 is 11.9 Å². The van der Waals surface area contributed by atoms with Gasteiger partial charge in [0.05, 0.1) is 5.02 Å². The molecule has 3 aliphatic rings. The minimum absolute atomic E-state index is 0.00255. The summed E-state index contributed by atoms with van der Waals surface area (Å²) in [6.45, 7) is -0.00433. The van der Waals surface area contributed by atoms with E-state index in [1.807, 2.05) is 30.3 Å². The smallest absolute Gasteiger partial charge is 0.407 e. The summed E-state index contributed by atoms with van der Waals surface area (Å²) in [4.78, 5) is 24.4. The Labute approximate surface area is 178 Å². The van der Waals surface area contributed by atoms with E-state index >= 15 is 0 Å². The molecule has 2 aromatic carbocycles. The van der Waals surface area contributed by atoms with Gasteiger partial charge < -0.3 is 20.1 Å². The van der Waals surface area contributed by atoms with Crippen LogP contribution in [0, 0.1) is 5.82 Å². The normalized spacial score (nSPS) is 23.9. The quantitative estimate of drug-likeness (QED) is 0.694. The molecule has 2 bridgehead atoms. The van der Waals surface area contributed by atoms with Crippen molar-refractivity contribution >= 4 is 23.6 Å². The Bertz CT molecular complexity index is 947. The van der Waals surface area contributed by atoms with Gasteiger partial charge >= 0.3 is 6.09 Å². The van der Waals surface area contributed by atoms with E-state index in [1.54, 1.807) is 0 Å². The van der Waals surface area contributed by atoms with Gasteiger partial charge in [-0.15, -0.1) is 0 Å². The molecule has 0 saturated heterocycles. The average molecular weight is 433 g/mol. The molecule has 0 radical (unpaired) electrons. The van der Waals surface area contributed by atoms with Crippen molar-refractivity contribution in [1.29, 1.82) is 0 Å². The molecule has 5 rings (SSSR count). The van der Waals surface area contributed by atoms with Crippen LogP contribution in [0.3, 0.4) is 0 Å². The third-order valence-electron chi connectivity index (χ3n) is 5.68. The fourth-order valence-electron chi connectivity index (χ4n) is 4.40. The fraction of sp³-hybridized carbons (Fsp3) is 0.364. The predicted molar refractivity (Wildman–Crippen MR) is 109 cm³/mol.